The number of rotatable bonds is 7. The standard InChI is InChI=1S/C51H38N4O/c52-50(42-23-14-26-47-48(42)44-32-38(35-17-6-2-7-18-35)31-43(49(44)56-47)36-19-8-3-9-20-36)54-51(53-33-34-15-4-1-5-16-34)37-27-29-39(30-28-37)55-45-24-12-10-21-40(45)41-22-11-13-25-46(41)55/h1-10,12-21,23-32H,11,22,33H2,(H2,52,53,54). The largest absolute Gasteiger partial charge is 0.455 e. The summed E-state index contributed by atoms with van der Waals surface area (Å²) in [5.41, 5.74) is 20.7. The van der Waals surface area contributed by atoms with Gasteiger partial charge in [0.1, 0.15) is 17.0 Å². The lowest BCUT2D eigenvalue weighted by Crippen LogP contribution is -2.17. The first-order valence-electron chi connectivity index (χ1n) is 19.1. The minimum Gasteiger partial charge on any atom is -0.455 e. The van der Waals surface area contributed by atoms with Crippen molar-refractivity contribution < 1.29 is 4.42 Å². The molecule has 0 spiro atoms. The normalized spacial score (nSPS) is 13.1. The zero-order valence-corrected chi connectivity index (χ0v) is 30.8. The molecule has 0 atom stereocenters. The summed E-state index contributed by atoms with van der Waals surface area (Å²) in [6.45, 7) is 0.467. The van der Waals surface area contributed by atoms with Crippen molar-refractivity contribution in [2.75, 3.05) is 0 Å². The van der Waals surface area contributed by atoms with Crippen LogP contribution in [0.4, 0.5) is 0 Å². The Kier molecular flexibility index (Phi) is 8.45. The van der Waals surface area contributed by atoms with Crippen LogP contribution in [0.1, 0.15) is 34.4 Å². The molecule has 0 radical (unpaired) electrons. The van der Waals surface area contributed by atoms with Gasteiger partial charge in [-0.15, -0.1) is 0 Å². The van der Waals surface area contributed by atoms with E-state index in [4.69, 9.17) is 20.1 Å². The molecule has 0 fully saturated rings. The molecule has 2 heterocycles. The third kappa shape index (κ3) is 6.00. The molecule has 1 aliphatic rings. The fourth-order valence-electron chi connectivity index (χ4n) is 8.11. The van der Waals surface area contributed by atoms with Crippen LogP contribution in [0.3, 0.4) is 0 Å². The van der Waals surface area contributed by atoms with Crippen molar-refractivity contribution in [3.8, 4) is 27.9 Å². The minimum absolute atomic E-state index is 0.371. The average molecular weight is 723 g/mol. The number of nitrogens with zero attached hydrogens (tertiary/aromatic N) is 3. The summed E-state index contributed by atoms with van der Waals surface area (Å²) in [5.74, 6) is 0.938. The Labute approximate surface area is 325 Å². The molecule has 9 aromatic rings. The van der Waals surface area contributed by atoms with Crippen molar-refractivity contribution in [2.45, 2.75) is 19.4 Å². The van der Waals surface area contributed by atoms with Crippen LogP contribution in [-0.2, 0) is 13.0 Å². The Hall–Kier alpha value is -7.24. The highest BCUT2D eigenvalue weighted by Crippen LogP contribution is 2.41. The lowest BCUT2D eigenvalue weighted by molar-refractivity contribution is 0.670. The van der Waals surface area contributed by atoms with E-state index < -0.39 is 0 Å². The van der Waals surface area contributed by atoms with Crippen LogP contribution in [0.25, 0.3) is 66.9 Å². The number of aromatic nitrogens is 1. The van der Waals surface area contributed by atoms with Crippen LogP contribution >= 0.6 is 0 Å². The number of aliphatic imine (C=N–C) groups is 2. The number of benzene rings is 7. The number of aryl methyl sites for hydroxylation is 1. The van der Waals surface area contributed by atoms with E-state index in [1.54, 1.807) is 0 Å². The van der Waals surface area contributed by atoms with Crippen molar-refractivity contribution in [3.05, 3.63) is 204 Å². The third-order valence-electron chi connectivity index (χ3n) is 10.8. The van der Waals surface area contributed by atoms with Crippen molar-refractivity contribution in [1.29, 1.82) is 0 Å². The van der Waals surface area contributed by atoms with Gasteiger partial charge in [0.2, 0.25) is 0 Å². The predicted octanol–water partition coefficient (Wildman–Crippen LogP) is 12.2. The quantitative estimate of drug-likeness (QED) is 0.131. The summed E-state index contributed by atoms with van der Waals surface area (Å²) in [5, 5.41) is 3.22. The van der Waals surface area contributed by atoms with Gasteiger partial charge >= 0.3 is 0 Å². The Bertz CT molecular complexity index is 2970. The maximum Gasteiger partial charge on any atom is 0.157 e. The molecule has 0 saturated carbocycles. The second-order valence-corrected chi connectivity index (χ2v) is 14.2. The molecule has 2 aromatic heterocycles. The fraction of sp³-hybridized carbons (Fsp3) is 0.0588. The first-order chi connectivity index (χ1) is 27.7. The highest BCUT2D eigenvalue weighted by Gasteiger charge is 2.21. The molecule has 0 unspecified atom stereocenters. The summed E-state index contributed by atoms with van der Waals surface area (Å²) in [7, 11) is 0. The van der Waals surface area contributed by atoms with Crippen molar-refractivity contribution in [1.82, 2.24) is 4.57 Å². The van der Waals surface area contributed by atoms with E-state index in [9.17, 15) is 0 Å². The number of allylic oxidation sites excluding steroid dienone is 1. The van der Waals surface area contributed by atoms with Crippen molar-refractivity contribution in [2.24, 2.45) is 15.7 Å². The van der Waals surface area contributed by atoms with Gasteiger partial charge in [-0.2, -0.15) is 0 Å². The molecule has 0 bridgehead atoms. The van der Waals surface area contributed by atoms with E-state index >= 15 is 0 Å². The molecule has 5 nitrogen and oxygen atoms in total. The maximum absolute atomic E-state index is 7.08. The molecule has 0 saturated heterocycles. The van der Waals surface area contributed by atoms with E-state index in [0.717, 1.165) is 79.4 Å². The van der Waals surface area contributed by atoms with E-state index in [0.29, 0.717) is 18.2 Å². The van der Waals surface area contributed by atoms with Crippen LogP contribution in [0.2, 0.25) is 0 Å². The predicted molar refractivity (Wildman–Crippen MR) is 233 cm³/mol. The second-order valence-electron chi connectivity index (χ2n) is 14.2. The summed E-state index contributed by atoms with van der Waals surface area (Å²) in [6, 6.07) is 58.8. The van der Waals surface area contributed by atoms with Gasteiger partial charge in [-0.3, -0.25) is 4.99 Å². The Morgan fingerprint density at radius 3 is 2.16 bits per heavy atom. The second kappa shape index (κ2) is 14.2. The van der Waals surface area contributed by atoms with E-state index in [1.807, 2.05) is 48.5 Å². The molecule has 0 amide bonds. The Balaban J connectivity index is 1.11. The summed E-state index contributed by atoms with van der Waals surface area (Å²) in [4.78, 5) is 10.2. The zero-order chi connectivity index (χ0) is 37.4. The third-order valence-corrected chi connectivity index (χ3v) is 10.8. The molecule has 7 aromatic carbocycles. The number of fused-ring (bicyclic) bond motifs is 6. The SMILES string of the molecule is NC(=NC(=NCc1ccccc1)c1ccc(-n2c3c(c4ccccc42)CCC=C3)cc1)c1cccc2oc3c(-c4ccccc4)cc(-c4ccccc4)cc3c12. The zero-order valence-electron chi connectivity index (χ0n) is 30.8. The Morgan fingerprint density at radius 2 is 1.38 bits per heavy atom. The molecular formula is C51H38N4O. The number of hydrogen-bond donors (Lipinski definition) is 1. The van der Waals surface area contributed by atoms with Gasteiger partial charge in [-0.25, -0.2) is 4.99 Å². The van der Waals surface area contributed by atoms with Gasteiger partial charge in [-0.05, 0) is 95.3 Å². The van der Waals surface area contributed by atoms with Crippen molar-refractivity contribution in [3.63, 3.8) is 0 Å². The first kappa shape index (κ1) is 33.3. The smallest absolute Gasteiger partial charge is 0.157 e. The molecule has 0 aliphatic heterocycles. The van der Waals surface area contributed by atoms with E-state index in [1.165, 1.54) is 22.2 Å². The van der Waals surface area contributed by atoms with Crippen LogP contribution < -0.4 is 5.73 Å². The van der Waals surface area contributed by atoms with Crippen LogP contribution in [0.5, 0.6) is 0 Å². The molecule has 10 rings (SSSR count). The average Bonchev–Trinajstić information content (AvgIpc) is 3.82. The summed E-state index contributed by atoms with van der Waals surface area (Å²) < 4.78 is 9.05. The minimum atomic E-state index is 0.371. The fourth-order valence-corrected chi connectivity index (χ4v) is 8.11. The monoisotopic (exact) mass is 722 g/mol. The molecule has 2 N–H and O–H groups in total. The number of amidine groups is 2. The highest BCUT2D eigenvalue weighted by atomic mass is 16.3. The van der Waals surface area contributed by atoms with E-state index in [2.05, 4.69) is 138 Å². The lowest BCUT2D eigenvalue weighted by Gasteiger charge is -2.13. The van der Waals surface area contributed by atoms with Crippen molar-refractivity contribution >= 4 is 50.6 Å². The van der Waals surface area contributed by atoms with Gasteiger partial charge in [-0.1, -0.05) is 127 Å². The molecule has 56 heavy (non-hydrogen) atoms. The number of para-hydroxylation sites is 1. The van der Waals surface area contributed by atoms with Gasteiger partial charge in [0.25, 0.3) is 0 Å². The lowest BCUT2D eigenvalue weighted by atomic mass is 9.95. The molecule has 5 heteroatoms. The molecule has 1 aliphatic carbocycles. The molecular weight excluding hydrogens is 685 g/mol. The van der Waals surface area contributed by atoms with Gasteiger partial charge < -0.3 is 14.7 Å². The number of furan rings is 1. The van der Waals surface area contributed by atoms with Crippen LogP contribution in [0, 0.1) is 0 Å². The summed E-state index contributed by atoms with van der Waals surface area (Å²) in [6.07, 6.45) is 6.63. The number of hydrogen-bond acceptors (Lipinski definition) is 2. The van der Waals surface area contributed by atoms with Crippen LogP contribution in [-0.4, -0.2) is 16.2 Å². The summed E-state index contributed by atoms with van der Waals surface area (Å²) >= 11 is 0. The topological polar surface area (TPSA) is 68.8 Å². The van der Waals surface area contributed by atoms with Gasteiger partial charge in [0.05, 0.1) is 12.1 Å². The Morgan fingerprint density at radius 1 is 0.661 bits per heavy atom. The highest BCUT2D eigenvalue weighted by molar-refractivity contribution is 6.22. The molecule has 268 valence electrons. The van der Waals surface area contributed by atoms with E-state index in [-0.39, 0.29) is 0 Å². The number of nitrogens with two attached hydrogens (primary N) is 1. The maximum atomic E-state index is 7.08. The van der Waals surface area contributed by atoms with Crippen LogP contribution in [0.15, 0.2) is 190 Å². The van der Waals surface area contributed by atoms with Gasteiger partial charge in [0.15, 0.2) is 5.84 Å². The first-order valence-corrected chi connectivity index (χ1v) is 19.1. The van der Waals surface area contributed by atoms with Gasteiger partial charge in [0, 0.05) is 44.2 Å².